The van der Waals surface area contributed by atoms with E-state index < -0.39 is 35.5 Å². The second-order valence-corrected chi connectivity index (χ2v) is 9.28. The average molecular weight is 561 g/mol. The van der Waals surface area contributed by atoms with E-state index in [1.807, 2.05) is 6.92 Å². The summed E-state index contributed by atoms with van der Waals surface area (Å²) in [6.45, 7) is 4.90. The highest BCUT2D eigenvalue weighted by Crippen LogP contribution is 2.35. The van der Waals surface area contributed by atoms with Crippen LogP contribution in [0.5, 0.6) is 11.5 Å². The molecule has 1 N–H and O–H groups in total. The average Bonchev–Trinajstić information content (AvgIpc) is 3.12. The summed E-state index contributed by atoms with van der Waals surface area (Å²) in [5, 5.41) is 2.11. The van der Waals surface area contributed by atoms with Crippen LogP contribution in [0, 0.1) is 0 Å². The van der Waals surface area contributed by atoms with Crippen molar-refractivity contribution in [3.8, 4) is 11.5 Å². The van der Waals surface area contributed by atoms with Gasteiger partial charge in [-0.15, -0.1) is 0 Å². The van der Waals surface area contributed by atoms with Crippen LogP contribution >= 0.6 is 23.4 Å². The quantitative estimate of drug-likeness (QED) is 0.245. The number of imide groups is 1. The molecule has 2 aromatic rings. The maximum absolute atomic E-state index is 12.9. The maximum Gasteiger partial charge on any atom is 0.339 e. The van der Waals surface area contributed by atoms with Crippen molar-refractivity contribution in [3.63, 3.8) is 0 Å². The second kappa shape index (κ2) is 13.1. The van der Waals surface area contributed by atoms with Gasteiger partial charge in [-0.3, -0.25) is 24.1 Å². The number of esters is 2. The van der Waals surface area contributed by atoms with Crippen LogP contribution in [0.4, 0.5) is 10.5 Å². The SMILES string of the molecule is CCCOC(=O)c1cc(NC(=O)CN2C(=O)S/C(=C/c3ccc(OC(C)=O)c(OCC)c3)C2=O)ccc1Cl. The van der Waals surface area contributed by atoms with Crippen LogP contribution in [0.1, 0.15) is 43.1 Å². The molecule has 1 aliphatic rings. The maximum atomic E-state index is 12.9. The molecular weight excluding hydrogens is 536 g/mol. The number of carbonyl (C=O) groups excluding carboxylic acids is 5. The molecule has 1 aliphatic heterocycles. The standard InChI is InChI=1S/C26H25ClN2O8S/c1-4-10-36-25(33)18-13-17(7-8-19(18)27)28-23(31)14-29-24(32)22(38-26(29)34)12-16-6-9-20(37-15(3)30)21(11-16)35-5-2/h6-9,11-13H,4-5,10,14H2,1-3H3,(H,28,31)/b22-12+. The molecule has 0 aliphatic carbocycles. The summed E-state index contributed by atoms with van der Waals surface area (Å²) in [5.74, 6) is -1.90. The van der Waals surface area contributed by atoms with E-state index in [4.69, 9.17) is 25.8 Å². The Bertz CT molecular complexity index is 1310. The molecule has 1 saturated heterocycles. The van der Waals surface area contributed by atoms with Crippen molar-refractivity contribution in [2.45, 2.75) is 27.2 Å². The number of anilines is 1. The Morgan fingerprint density at radius 3 is 2.53 bits per heavy atom. The van der Waals surface area contributed by atoms with Crippen LogP contribution in [0.15, 0.2) is 41.3 Å². The molecule has 0 aromatic heterocycles. The first-order valence-electron chi connectivity index (χ1n) is 11.6. The Balaban J connectivity index is 1.71. The molecule has 3 rings (SSSR count). The third-order valence-corrected chi connectivity index (χ3v) is 6.14. The van der Waals surface area contributed by atoms with E-state index in [0.29, 0.717) is 36.1 Å². The number of rotatable bonds is 10. The number of halogens is 1. The lowest BCUT2D eigenvalue weighted by Gasteiger charge is -2.13. The number of thioether (sulfide) groups is 1. The third-order valence-electron chi connectivity index (χ3n) is 4.90. The van der Waals surface area contributed by atoms with Gasteiger partial charge in [-0.25, -0.2) is 4.79 Å². The van der Waals surface area contributed by atoms with E-state index in [0.717, 1.165) is 4.90 Å². The van der Waals surface area contributed by atoms with Gasteiger partial charge in [0, 0.05) is 12.6 Å². The number of nitrogens with zero attached hydrogens (tertiary/aromatic N) is 1. The summed E-state index contributed by atoms with van der Waals surface area (Å²) < 4.78 is 15.7. The van der Waals surface area contributed by atoms with E-state index in [1.54, 1.807) is 19.1 Å². The summed E-state index contributed by atoms with van der Waals surface area (Å²) in [6.07, 6.45) is 2.12. The van der Waals surface area contributed by atoms with Gasteiger partial charge in [0.2, 0.25) is 5.91 Å². The van der Waals surface area contributed by atoms with E-state index in [-0.39, 0.29) is 33.5 Å². The number of hydrogen-bond acceptors (Lipinski definition) is 9. The highest BCUT2D eigenvalue weighted by atomic mass is 35.5. The predicted octanol–water partition coefficient (Wildman–Crippen LogP) is 4.91. The molecule has 38 heavy (non-hydrogen) atoms. The molecule has 10 nitrogen and oxygen atoms in total. The monoisotopic (exact) mass is 560 g/mol. The molecule has 0 atom stereocenters. The molecule has 3 amide bonds. The van der Waals surface area contributed by atoms with E-state index in [1.165, 1.54) is 37.3 Å². The molecule has 0 bridgehead atoms. The fourth-order valence-electron chi connectivity index (χ4n) is 3.29. The first kappa shape index (κ1) is 28.7. The minimum Gasteiger partial charge on any atom is -0.490 e. The van der Waals surface area contributed by atoms with Crippen molar-refractivity contribution in [2.75, 3.05) is 25.1 Å². The molecule has 1 heterocycles. The topological polar surface area (TPSA) is 128 Å². The van der Waals surface area contributed by atoms with Gasteiger partial charge >= 0.3 is 11.9 Å². The first-order chi connectivity index (χ1) is 18.1. The lowest BCUT2D eigenvalue weighted by Crippen LogP contribution is -2.36. The van der Waals surface area contributed by atoms with Gasteiger partial charge < -0.3 is 19.5 Å². The molecule has 2 aromatic carbocycles. The van der Waals surface area contributed by atoms with Crippen molar-refractivity contribution >= 4 is 64.1 Å². The summed E-state index contributed by atoms with van der Waals surface area (Å²) in [5.41, 5.74) is 0.864. The minimum absolute atomic E-state index is 0.0816. The molecule has 0 saturated carbocycles. The highest BCUT2D eigenvalue weighted by molar-refractivity contribution is 8.18. The van der Waals surface area contributed by atoms with Gasteiger partial charge in [0.1, 0.15) is 6.54 Å². The van der Waals surface area contributed by atoms with Crippen molar-refractivity contribution in [1.29, 1.82) is 0 Å². The predicted molar refractivity (Wildman–Crippen MR) is 142 cm³/mol. The lowest BCUT2D eigenvalue weighted by molar-refractivity contribution is -0.132. The fourth-order valence-corrected chi connectivity index (χ4v) is 4.32. The fraction of sp³-hybridized carbons (Fsp3) is 0.269. The van der Waals surface area contributed by atoms with Crippen molar-refractivity contribution < 1.29 is 38.2 Å². The van der Waals surface area contributed by atoms with Crippen LogP contribution in [0.25, 0.3) is 6.08 Å². The van der Waals surface area contributed by atoms with E-state index >= 15 is 0 Å². The van der Waals surface area contributed by atoms with Crippen molar-refractivity contribution in [2.24, 2.45) is 0 Å². The van der Waals surface area contributed by atoms with Crippen LogP contribution in [-0.4, -0.2) is 53.7 Å². The second-order valence-electron chi connectivity index (χ2n) is 7.88. The smallest absolute Gasteiger partial charge is 0.339 e. The molecule has 0 unspecified atom stereocenters. The van der Waals surface area contributed by atoms with Crippen LogP contribution < -0.4 is 14.8 Å². The van der Waals surface area contributed by atoms with Crippen LogP contribution in [-0.2, 0) is 19.1 Å². The van der Waals surface area contributed by atoms with Crippen LogP contribution in [0.2, 0.25) is 5.02 Å². The van der Waals surface area contributed by atoms with E-state index in [2.05, 4.69) is 5.32 Å². The number of carbonyl (C=O) groups is 5. The molecule has 0 spiro atoms. The summed E-state index contributed by atoms with van der Waals surface area (Å²) in [6, 6.07) is 8.98. The zero-order valence-corrected chi connectivity index (χ0v) is 22.4. The van der Waals surface area contributed by atoms with Gasteiger partial charge in [-0.2, -0.15) is 0 Å². The largest absolute Gasteiger partial charge is 0.490 e. The van der Waals surface area contributed by atoms with Gasteiger partial charge in [0.05, 0.1) is 28.7 Å². The Morgan fingerprint density at radius 1 is 1.08 bits per heavy atom. The molecule has 200 valence electrons. The Kier molecular flexibility index (Phi) is 9.91. The lowest BCUT2D eigenvalue weighted by atomic mass is 10.2. The normalized spacial score (nSPS) is 14.0. The van der Waals surface area contributed by atoms with Crippen molar-refractivity contribution in [3.05, 3.63) is 57.5 Å². The first-order valence-corrected chi connectivity index (χ1v) is 12.8. The number of benzene rings is 2. The highest BCUT2D eigenvalue weighted by Gasteiger charge is 2.36. The molecule has 1 fully saturated rings. The molecular formula is C26H25ClN2O8S. The van der Waals surface area contributed by atoms with Gasteiger partial charge in [0.25, 0.3) is 11.1 Å². The van der Waals surface area contributed by atoms with Crippen molar-refractivity contribution in [1.82, 2.24) is 4.90 Å². The Morgan fingerprint density at radius 2 is 1.84 bits per heavy atom. The number of hydrogen-bond donors (Lipinski definition) is 1. The summed E-state index contributed by atoms with van der Waals surface area (Å²) in [4.78, 5) is 62.4. The van der Waals surface area contributed by atoms with E-state index in [9.17, 15) is 24.0 Å². The zero-order chi connectivity index (χ0) is 27.8. The number of ether oxygens (including phenoxy) is 3. The number of amides is 3. The van der Waals surface area contributed by atoms with Gasteiger partial charge in [0.15, 0.2) is 11.5 Å². The summed E-state index contributed by atoms with van der Waals surface area (Å²) >= 11 is 6.76. The summed E-state index contributed by atoms with van der Waals surface area (Å²) in [7, 11) is 0. The minimum atomic E-state index is -0.645. The molecule has 0 radical (unpaired) electrons. The van der Waals surface area contributed by atoms with Crippen LogP contribution in [0.3, 0.4) is 0 Å². The third kappa shape index (κ3) is 7.36. The molecule has 12 heteroatoms. The van der Waals surface area contributed by atoms with Gasteiger partial charge in [-0.05, 0) is 67.1 Å². The Hall–Kier alpha value is -3.83. The zero-order valence-electron chi connectivity index (χ0n) is 20.9. The van der Waals surface area contributed by atoms with Gasteiger partial charge in [-0.1, -0.05) is 24.6 Å². The Labute approximate surface area is 228 Å². The number of nitrogens with one attached hydrogen (secondary N) is 1.